The third kappa shape index (κ3) is 6.01. The Morgan fingerprint density at radius 3 is 2.72 bits per heavy atom. The number of nitrogens with zero attached hydrogens (tertiary/aromatic N) is 2. The Kier molecular flexibility index (Phi) is 7.87. The van der Waals surface area contributed by atoms with Gasteiger partial charge >= 0.3 is 12.1 Å². The van der Waals surface area contributed by atoms with Crippen LogP contribution in [0, 0.1) is 5.82 Å². The number of hydrogen-bond acceptors (Lipinski definition) is 8. The highest BCUT2D eigenvalue weighted by Gasteiger charge is 2.34. The summed E-state index contributed by atoms with van der Waals surface area (Å²) >= 11 is 0. The first-order valence-electron chi connectivity index (χ1n) is 11.2. The van der Waals surface area contributed by atoms with Crippen molar-refractivity contribution in [1.82, 2.24) is 4.72 Å². The van der Waals surface area contributed by atoms with E-state index in [0.717, 1.165) is 0 Å². The molecule has 2 aromatic rings. The van der Waals surface area contributed by atoms with Crippen LogP contribution in [0.4, 0.5) is 20.6 Å². The maximum Gasteiger partial charge on any atom is 0.414 e. The van der Waals surface area contributed by atoms with Crippen molar-refractivity contribution >= 4 is 39.5 Å². The first-order chi connectivity index (χ1) is 17.3. The summed E-state index contributed by atoms with van der Waals surface area (Å²) in [4.78, 5) is 26.8. The van der Waals surface area contributed by atoms with Gasteiger partial charge < -0.3 is 19.1 Å². The largest absolute Gasteiger partial charge is 0.466 e. The molecule has 0 radical (unpaired) electrons. The van der Waals surface area contributed by atoms with Gasteiger partial charge in [-0.3, -0.25) is 4.90 Å². The lowest BCUT2D eigenvalue weighted by molar-refractivity contribution is -0.134. The van der Waals surface area contributed by atoms with E-state index in [1.807, 2.05) is 4.90 Å². The summed E-state index contributed by atoms with van der Waals surface area (Å²) in [7, 11) is -2.68. The Balaban J connectivity index is 1.38. The summed E-state index contributed by atoms with van der Waals surface area (Å²) in [5.41, 5.74) is 1.25. The molecule has 4 rings (SSSR count). The van der Waals surface area contributed by atoms with Gasteiger partial charge in [-0.05, 0) is 42.0 Å². The number of morpholine rings is 1. The van der Waals surface area contributed by atoms with Crippen molar-refractivity contribution in [3.05, 3.63) is 59.9 Å². The van der Waals surface area contributed by atoms with E-state index in [1.165, 1.54) is 48.4 Å². The van der Waals surface area contributed by atoms with Crippen LogP contribution in [-0.2, 0) is 29.0 Å². The lowest BCUT2D eigenvalue weighted by atomic mass is 10.2. The normalized spacial score (nSPS) is 18.5. The number of anilines is 2. The molecule has 2 aromatic carbocycles. The fourth-order valence-electron chi connectivity index (χ4n) is 3.87. The van der Waals surface area contributed by atoms with Crippen molar-refractivity contribution in [2.24, 2.45) is 0 Å². The quantitative estimate of drug-likeness (QED) is 0.417. The molecule has 1 N–H and O–H groups in total. The van der Waals surface area contributed by atoms with E-state index in [-0.39, 0.29) is 18.0 Å². The number of ether oxygens (including phenoxy) is 3. The molecule has 0 bridgehead atoms. The van der Waals surface area contributed by atoms with Crippen molar-refractivity contribution in [1.29, 1.82) is 0 Å². The smallest absolute Gasteiger partial charge is 0.414 e. The highest BCUT2D eigenvalue weighted by atomic mass is 32.2. The van der Waals surface area contributed by atoms with Crippen LogP contribution in [0.1, 0.15) is 5.56 Å². The van der Waals surface area contributed by atoms with Gasteiger partial charge in [0.2, 0.25) is 10.0 Å². The summed E-state index contributed by atoms with van der Waals surface area (Å²) in [5.74, 6) is -1.03. The number of amides is 1. The first-order valence-corrected chi connectivity index (χ1v) is 12.7. The minimum absolute atomic E-state index is 0.0172. The molecule has 192 valence electrons. The third-order valence-electron chi connectivity index (χ3n) is 5.75. The lowest BCUT2D eigenvalue weighted by Gasteiger charge is -2.29. The van der Waals surface area contributed by atoms with Crippen molar-refractivity contribution < 1.29 is 36.6 Å². The van der Waals surface area contributed by atoms with Gasteiger partial charge in [-0.25, -0.2) is 27.1 Å². The molecule has 1 amide bonds. The van der Waals surface area contributed by atoms with Crippen molar-refractivity contribution in [3.63, 3.8) is 0 Å². The summed E-state index contributed by atoms with van der Waals surface area (Å²) in [6, 6.07) is 10.5. The molecule has 0 saturated carbocycles. The summed E-state index contributed by atoms with van der Waals surface area (Å²) in [6.07, 6.45) is 1.16. The number of carbonyl (C=O) groups is 2. The molecule has 10 nitrogen and oxygen atoms in total. The summed E-state index contributed by atoms with van der Waals surface area (Å²) in [5, 5.41) is 0. The average molecular weight is 520 g/mol. The standard InChI is InChI=1S/C24H26FN3O7S/c1-33-23(29)8-5-17-3-2-4-20(13-17)36(31,32)26-15-19-16-28(24(30)35-19)18-6-7-22(21(25)14-18)27-9-11-34-12-10-27/h2-8,13-14,19,26H,9-12,15-16H2,1H3/b8-5+/t19-/m0/s1. The van der Waals surface area contributed by atoms with Crippen molar-refractivity contribution in [2.45, 2.75) is 11.0 Å². The molecule has 0 aromatic heterocycles. The second-order valence-corrected chi connectivity index (χ2v) is 9.90. The maximum atomic E-state index is 14.8. The van der Waals surface area contributed by atoms with Crippen LogP contribution in [0.2, 0.25) is 0 Å². The lowest BCUT2D eigenvalue weighted by Crippen LogP contribution is -2.37. The molecule has 12 heteroatoms. The molecule has 2 aliphatic heterocycles. The summed E-state index contributed by atoms with van der Waals surface area (Å²) in [6.45, 7) is 2.08. The zero-order valence-electron chi connectivity index (χ0n) is 19.6. The Labute approximate surface area is 208 Å². The Hall–Kier alpha value is -3.48. The van der Waals surface area contributed by atoms with Gasteiger partial charge in [-0.2, -0.15) is 0 Å². The number of cyclic esters (lactones) is 1. The van der Waals surface area contributed by atoms with E-state index >= 15 is 0 Å². The molecular weight excluding hydrogens is 493 g/mol. The minimum atomic E-state index is -3.92. The van der Waals surface area contributed by atoms with Gasteiger partial charge in [0.05, 0.1) is 43.1 Å². The van der Waals surface area contributed by atoms with E-state index in [4.69, 9.17) is 9.47 Å². The average Bonchev–Trinajstić information content (AvgIpc) is 3.27. The monoisotopic (exact) mass is 519 g/mol. The van der Waals surface area contributed by atoms with E-state index in [9.17, 15) is 22.4 Å². The van der Waals surface area contributed by atoms with Crippen LogP contribution in [0.15, 0.2) is 53.4 Å². The van der Waals surface area contributed by atoms with Crippen LogP contribution >= 0.6 is 0 Å². The number of nitrogens with one attached hydrogen (secondary N) is 1. The molecule has 2 aliphatic rings. The van der Waals surface area contributed by atoms with Gasteiger partial charge in [-0.1, -0.05) is 12.1 Å². The number of benzene rings is 2. The van der Waals surface area contributed by atoms with Crippen LogP contribution < -0.4 is 14.5 Å². The third-order valence-corrected chi connectivity index (χ3v) is 7.17. The van der Waals surface area contributed by atoms with Crippen LogP contribution in [0.25, 0.3) is 6.08 Å². The molecular formula is C24H26FN3O7S. The first kappa shape index (κ1) is 25.6. The Bertz CT molecular complexity index is 1260. The van der Waals surface area contributed by atoms with Crippen LogP contribution in [0.3, 0.4) is 0 Å². The molecule has 0 unspecified atom stereocenters. The number of sulfonamides is 1. The number of rotatable bonds is 8. The van der Waals surface area contributed by atoms with E-state index in [1.54, 1.807) is 18.2 Å². The fourth-order valence-corrected chi connectivity index (χ4v) is 4.99. The van der Waals surface area contributed by atoms with E-state index in [2.05, 4.69) is 9.46 Å². The number of carbonyl (C=O) groups excluding carboxylic acids is 2. The highest BCUT2D eigenvalue weighted by molar-refractivity contribution is 7.89. The molecule has 36 heavy (non-hydrogen) atoms. The Morgan fingerprint density at radius 1 is 1.22 bits per heavy atom. The summed E-state index contributed by atoms with van der Waals surface area (Å²) < 4.78 is 57.8. The molecule has 0 aliphatic carbocycles. The predicted molar refractivity (Wildman–Crippen MR) is 130 cm³/mol. The molecule has 2 saturated heterocycles. The van der Waals surface area contributed by atoms with Crippen LogP contribution in [-0.4, -0.2) is 73.1 Å². The fraction of sp³-hybridized carbons (Fsp3) is 0.333. The van der Waals surface area contributed by atoms with Gasteiger partial charge in [0.25, 0.3) is 0 Å². The highest BCUT2D eigenvalue weighted by Crippen LogP contribution is 2.28. The topological polar surface area (TPSA) is 114 Å². The SMILES string of the molecule is COC(=O)/C=C/c1cccc(S(=O)(=O)NC[C@H]2CN(c3ccc(N4CCOCC4)c(F)c3)C(=O)O2)c1. The van der Waals surface area contributed by atoms with Gasteiger partial charge in [-0.15, -0.1) is 0 Å². The van der Waals surface area contributed by atoms with Gasteiger partial charge in [0, 0.05) is 25.7 Å². The minimum Gasteiger partial charge on any atom is -0.466 e. The second kappa shape index (κ2) is 11.1. The molecule has 2 fully saturated rings. The number of hydrogen-bond donors (Lipinski definition) is 1. The van der Waals surface area contributed by atoms with Crippen molar-refractivity contribution in [3.8, 4) is 0 Å². The zero-order chi connectivity index (χ0) is 25.7. The number of methoxy groups -OCH3 is 1. The van der Waals surface area contributed by atoms with Gasteiger partial charge in [0.1, 0.15) is 11.9 Å². The second-order valence-electron chi connectivity index (χ2n) is 8.13. The molecule has 0 spiro atoms. The number of halogens is 1. The van der Waals surface area contributed by atoms with E-state index in [0.29, 0.717) is 43.2 Å². The van der Waals surface area contributed by atoms with Gasteiger partial charge in [0.15, 0.2) is 0 Å². The predicted octanol–water partition coefficient (Wildman–Crippen LogP) is 2.15. The molecule has 2 heterocycles. The molecule has 1 atom stereocenters. The maximum absolute atomic E-state index is 14.8. The zero-order valence-corrected chi connectivity index (χ0v) is 20.4. The Morgan fingerprint density at radius 2 is 2.00 bits per heavy atom. The van der Waals surface area contributed by atoms with Crippen LogP contribution in [0.5, 0.6) is 0 Å². The van der Waals surface area contributed by atoms with Crippen molar-refractivity contribution in [2.75, 3.05) is 56.3 Å². The van der Waals surface area contributed by atoms with E-state index < -0.39 is 34.0 Å². The number of esters is 1.